The number of nitrogens with two attached hydrogens (primary N) is 1. The molecule has 0 radical (unpaired) electrons. The molecular weight excluding hydrogens is 190 g/mol. The Morgan fingerprint density at radius 1 is 1.33 bits per heavy atom. The molecule has 2 aliphatic rings. The van der Waals surface area contributed by atoms with Crippen LogP contribution < -0.4 is 5.73 Å². The van der Waals surface area contributed by atoms with Crippen molar-refractivity contribution in [1.29, 1.82) is 0 Å². The Kier molecular flexibility index (Phi) is 3.42. The van der Waals surface area contributed by atoms with Crippen LogP contribution in [0.25, 0.3) is 0 Å². The molecule has 1 saturated heterocycles. The van der Waals surface area contributed by atoms with E-state index in [0.717, 1.165) is 32.3 Å². The highest BCUT2D eigenvalue weighted by Crippen LogP contribution is 2.40. The number of ether oxygens (including phenoxy) is 1. The van der Waals surface area contributed by atoms with Crippen LogP contribution in [0.3, 0.4) is 0 Å². The fourth-order valence-electron chi connectivity index (χ4n) is 3.01. The first-order chi connectivity index (χ1) is 7.26. The SMILES string of the molecule is NCC(=O)C1CCOC2(CCCCC2)C1. The Balaban J connectivity index is 1.99. The molecule has 15 heavy (non-hydrogen) atoms. The molecule has 0 aromatic carbocycles. The number of carbonyl (C=O) groups is 1. The molecule has 2 N–H and O–H groups in total. The summed E-state index contributed by atoms with van der Waals surface area (Å²) in [6.07, 6.45) is 7.90. The zero-order valence-electron chi connectivity index (χ0n) is 9.34. The molecule has 3 nitrogen and oxygen atoms in total. The summed E-state index contributed by atoms with van der Waals surface area (Å²) >= 11 is 0. The van der Waals surface area contributed by atoms with Crippen molar-refractivity contribution in [1.82, 2.24) is 0 Å². The number of ketones is 1. The fourth-order valence-corrected chi connectivity index (χ4v) is 3.01. The van der Waals surface area contributed by atoms with Gasteiger partial charge in [-0.25, -0.2) is 0 Å². The summed E-state index contributed by atoms with van der Waals surface area (Å²) in [6, 6.07) is 0. The lowest BCUT2D eigenvalue weighted by atomic mass is 9.75. The molecule has 1 aliphatic carbocycles. The third-order valence-electron chi connectivity index (χ3n) is 3.91. The van der Waals surface area contributed by atoms with E-state index >= 15 is 0 Å². The number of hydrogen-bond acceptors (Lipinski definition) is 3. The van der Waals surface area contributed by atoms with E-state index in [4.69, 9.17) is 10.5 Å². The average molecular weight is 211 g/mol. The van der Waals surface area contributed by atoms with Crippen molar-refractivity contribution in [3.05, 3.63) is 0 Å². The normalized spacial score (nSPS) is 30.3. The Bertz CT molecular complexity index is 228. The predicted molar refractivity (Wildman–Crippen MR) is 58.6 cm³/mol. The van der Waals surface area contributed by atoms with Crippen molar-refractivity contribution in [2.24, 2.45) is 11.7 Å². The minimum atomic E-state index is 0.0337. The smallest absolute Gasteiger partial charge is 0.149 e. The van der Waals surface area contributed by atoms with Gasteiger partial charge in [0.15, 0.2) is 0 Å². The van der Waals surface area contributed by atoms with E-state index in [1.165, 1.54) is 19.3 Å². The van der Waals surface area contributed by atoms with E-state index in [0.29, 0.717) is 0 Å². The highest BCUT2D eigenvalue weighted by molar-refractivity contribution is 5.82. The monoisotopic (exact) mass is 211 g/mol. The van der Waals surface area contributed by atoms with Crippen LogP contribution in [-0.4, -0.2) is 24.5 Å². The van der Waals surface area contributed by atoms with Crippen molar-refractivity contribution >= 4 is 5.78 Å². The summed E-state index contributed by atoms with van der Waals surface area (Å²) in [5.74, 6) is 0.394. The maximum absolute atomic E-state index is 11.6. The molecule has 0 bridgehead atoms. The quantitative estimate of drug-likeness (QED) is 0.755. The summed E-state index contributed by atoms with van der Waals surface area (Å²) in [5.41, 5.74) is 5.46. The third-order valence-corrected chi connectivity index (χ3v) is 3.91. The zero-order valence-corrected chi connectivity index (χ0v) is 9.34. The van der Waals surface area contributed by atoms with Crippen LogP contribution >= 0.6 is 0 Å². The van der Waals surface area contributed by atoms with Crippen molar-refractivity contribution in [2.75, 3.05) is 13.2 Å². The van der Waals surface area contributed by atoms with Gasteiger partial charge in [0.25, 0.3) is 0 Å². The van der Waals surface area contributed by atoms with Gasteiger partial charge in [0.05, 0.1) is 12.1 Å². The van der Waals surface area contributed by atoms with Gasteiger partial charge in [0.1, 0.15) is 5.78 Å². The lowest BCUT2D eigenvalue weighted by Crippen LogP contribution is -2.44. The maximum Gasteiger partial charge on any atom is 0.149 e. The first-order valence-corrected chi connectivity index (χ1v) is 6.12. The average Bonchev–Trinajstić information content (AvgIpc) is 2.29. The predicted octanol–water partition coefficient (Wildman–Crippen LogP) is 1.64. The molecule has 1 heterocycles. The van der Waals surface area contributed by atoms with Crippen molar-refractivity contribution in [3.63, 3.8) is 0 Å². The number of rotatable bonds is 2. The topological polar surface area (TPSA) is 52.3 Å². The van der Waals surface area contributed by atoms with Gasteiger partial charge in [-0.05, 0) is 25.7 Å². The molecule has 0 amide bonds. The second-order valence-corrected chi connectivity index (χ2v) is 4.95. The summed E-state index contributed by atoms with van der Waals surface area (Å²) in [5, 5.41) is 0. The molecular formula is C12H21NO2. The van der Waals surface area contributed by atoms with Gasteiger partial charge in [0.2, 0.25) is 0 Å². The highest BCUT2D eigenvalue weighted by Gasteiger charge is 2.40. The first kappa shape index (κ1) is 11.1. The molecule has 0 aromatic heterocycles. The molecule has 86 valence electrons. The molecule has 1 aliphatic heterocycles. The van der Waals surface area contributed by atoms with E-state index in [2.05, 4.69) is 0 Å². The molecule has 1 spiro atoms. The van der Waals surface area contributed by atoms with E-state index in [-0.39, 0.29) is 23.8 Å². The van der Waals surface area contributed by atoms with E-state index in [9.17, 15) is 4.79 Å². The van der Waals surface area contributed by atoms with Crippen LogP contribution in [0.15, 0.2) is 0 Å². The van der Waals surface area contributed by atoms with Crippen LogP contribution in [0.1, 0.15) is 44.9 Å². The van der Waals surface area contributed by atoms with Crippen LogP contribution in [0, 0.1) is 5.92 Å². The van der Waals surface area contributed by atoms with Crippen molar-refractivity contribution < 1.29 is 9.53 Å². The van der Waals surface area contributed by atoms with E-state index in [1.807, 2.05) is 0 Å². The fraction of sp³-hybridized carbons (Fsp3) is 0.917. The van der Waals surface area contributed by atoms with E-state index < -0.39 is 0 Å². The second-order valence-electron chi connectivity index (χ2n) is 4.95. The molecule has 1 atom stereocenters. The lowest BCUT2D eigenvalue weighted by molar-refractivity contribution is -0.141. The molecule has 3 heteroatoms. The molecule has 2 rings (SSSR count). The third kappa shape index (κ3) is 2.40. The Morgan fingerprint density at radius 3 is 2.73 bits per heavy atom. The summed E-state index contributed by atoms with van der Waals surface area (Å²) in [4.78, 5) is 11.6. The standard InChI is InChI=1S/C12H21NO2/c13-9-11(14)10-4-7-15-12(8-10)5-2-1-3-6-12/h10H,1-9,13H2. The Morgan fingerprint density at radius 2 is 2.07 bits per heavy atom. The molecule has 2 fully saturated rings. The minimum Gasteiger partial charge on any atom is -0.375 e. The van der Waals surface area contributed by atoms with Crippen LogP contribution in [0.5, 0.6) is 0 Å². The molecule has 1 unspecified atom stereocenters. The van der Waals surface area contributed by atoms with E-state index in [1.54, 1.807) is 0 Å². The van der Waals surface area contributed by atoms with Crippen LogP contribution in [0.4, 0.5) is 0 Å². The first-order valence-electron chi connectivity index (χ1n) is 6.12. The van der Waals surface area contributed by atoms with Gasteiger partial charge >= 0.3 is 0 Å². The van der Waals surface area contributed by atoms with Crippen molar-refractivity contribution in [3.8, 4) is 0 Å². The highest BCUT2D eigenvalue weighted by atomic mass is 16.5. The van der Waals surface area contributed by atoms with Gasteiger partial charge in [-0.2, -0.15) is 0 Å². The minimum absolute atomic E-state index is 0.0337. The number of carbonyl (C=O) groups excluding carboxylic acids is 1. The van der Waals surface area contributed by atoms with Gasteiger partial charge in [0, 0.05) is 12.5 Å². The zero-order chi connectivity index (χ0) is 10.7. The Hall–Kier alpha value is -0.410. The summed E-state index contributed by atoms with van der Waals surface area (Å²) in [6.45, 7) is 0.942. The molecule has 0 aromatic rings. The maximum atomic E-state index is 11.6. The molecule has 1 saturated carbocycles. The number of hydrogen-bond donors (Lipinski definition) is 1. The summed E-state index contributed by atoms with van der Waals surface area (Å²) in [7, 11) is 0. The van der Waals surface area contributed by atoms with Gasteiger partial charge in [-0.1, -0.05) is 19.3 Å². The lowest BCUT2D eigenvalue weighted by Gasteiger charge is -2.43. The van der Waals surface area contributed by atoms with Gasteiger partial charge < -0.3 is 10.5 Å². The second kappa shape index (κ2) is 4.62. The van der Waals surface area contributed by atoms with Crippen LogP contribution in [-0.2, 0) is 9.53 Å². The number of Topliss-reactive ketones (excluding diaryl/α,β-unsaturated/α-hetero) is 1. The van der Waals surface area contributed by atoms with Crippen molar-refractivity contribution in [2.45, 2.75) is 50.5 Å². The summed E-state index contributed by atoms with van der Waals surface area (Å²) < 4.78 is 5.94. The van der Waals surface area contributed by atoms with Gasteiger partial charge in [-0.3, -0.25) is 4.79 Å². The van der Waals surface area contributed by atoms with Gasteiger partial charge in [-0.15, -0.1) is 0 Å². The largest absolute Gasteiger partial charge is 0.375 e. The Labute approximate surface area is 91.4 Å². The van der Waals surface area contributed by atoms with Crippen LogP contribution in [0.2, 0.25) is 0 Å².